The molecule has 0 saturated heterocycles. The highest BCUT2D eigenvalue weighted by molar-refractivity contribution is 6.30. The maximum absolute atomic E-state index is 13.5. The van der Waals surface area contributed by atoms with E-state index < -0.39 is 12.0 Å². The number of nitrogens with zero attached hydrogens (tertiary/aromatic N) is 1. The average molecular weight is 436 g/mol. The predicted molar refractivity (Wildman–Crippen MR) is 108 cm³/mol. The van der Waals surface area contributed by atoms with E-state index in [9.17, 15) is 14.3 Å². The quantitative estimate of drug-likeness (QED) is 0.552. The maximum atomic E-state index is 13.5. The lowest BCUT2D eigenvalue weighted by atomic mass is 9.76. The number of benzene rings is 1. The number of amides is 1. The van der Waals surface area contributed by atoms with Crippen LogP contribution in [0.4, 0.5) is 4.39 Å². The zero-order valence-electron chi connectivity index (χ0n) is 16.4. The fraction of sp³-hybridized carbons (Fsp3) is 0.429. The summed E-state index contributed by atoms with van der Waals surface area (Å²) in [6, 6.07) is 7.48. The van der Waals surface area contributed by atoms with Crippen LogP contribution in [-0.2, 0) is 0 Å². The standard InChI is InChI=1S/C21H23ClFN3O4/c1-29-14-3-5-17(24-10-14)20(28)25-18-9-21(7-12(18)8-21)26-19(27)11-30-13-2-4-15(22)16(23)6-13/h2-6,10,12,18-19,26-27H,7-9,11H2,1H3,(H,25,28). The summed E-state index contributed by atoms with van der Waals surface area (Å²) in [5.41, 5.74) is 0.106. The minimum Gasteiger partial charge on any atom is -0.495 e. The van der Waals surface area contributed by atoms with Crippen molar-refractivity contribution >= 4 is 17.5 Å². The Morgan fingerprint density at radius 2 is 2.10 bits per heavy atom. The number of carbonyl (C=O) groups is 1. The van der Waals surface area contributed by atoms with Gasteiger partial charge in [-0.2, -0.15) is 0 Å². The molecule has 3 saturated carbocycles. The van der Waals surface area contributed by atoms with E-state index in [-0.39, 0.29) is 29.1 Å². The van der Waals surface area contributed by atoms with Crippen LogP contribution in [-0.4, -0.2) is 47.5 Å². The molecule has 1 heterocycles. The van der Waals surface area contributed by atoms with Crippen molar-refractivity contribution in [2.75, 3.05) is 13.7 Å². The third-order valence-corrected chi connectivity index (χ3v) is 6.08. The lowest BCUT2D eigenvalue weighted by Gasteiger charge is -2.40. The molecule has 5 rings (SSSR count). The van der Waals surface area contributed by atoms with Crippen LogP contribution in [0.1, 0.15) is 29.8 Å². The van der Waals surface area contributed by atoms with Crippen LogP contribution >= 0.6 is 11.6 Å². The first kappa shape index (κ1) is 20.8. The average Bonchev–Trinajstić information content (AvgIpc) is 3.22. The van der Waals surface area contributed by atoms with E-state index in [2.05, 4.69) is 15.6 Å². The van der Waals surface area contributed by atoms with Gasteiger partial charge in [-0.05, 0) is 49.4 Å². The first-order valence-electron chi connectivity index (χ1n) is 9.72. The molecule has 1 aromatic carbocycles. The molecule has 2 aromatic rings. The van der Waals surface area contributed by atoms with Crippen LogP contribution in [0.15, 0.2) is 36.5 Å². The fourth-order valence-corrected chi connectivity index (χ4v) is 4.46. The number of rotatable bonds is 8. The van der Waals surface area contributed by atoms with Crippen LogP contribution in [0.3, 0.4) is 0 Å². The van der Waals surface area contributed by atoms with Crippen molar-refractivity contribution < 1.29 is 23.8 Å². The van der Waals surface area contributed by atoms with Gasteiger partial charge in [-0.3, -0.25) is 10.1 Å². The molecule has 3 N–H and O–H groups in total. The summed E-state index contributed by atoms with van der Waals surface area (Å²) in [4.78, 5) is 16.6. The molecule has 0 spiro atoms. The number of nitrogens with one attached hydrogen (secondary N) is 2. The molecule has 30 heavy (non-hydrogen) atoms. The van der Waals surface area contributed by atoms with E-state index in [0.717, 1.165) is 12.8 Å². The normalized spacial score (nSPS) is 25.3. The number of carbonyl (C=O) groups excluding carboxylic acids is 1. The monoisotopic (exact) mass is 435 g/mol. The molecule has 2 unspecified atom stereocenters. The Hall–Kier alpha value is -2.42. The number of fused-ring (bicyclic) bond motifs is 1. The van der Waals surface area contributed by atoms with E-state index in [1.807, 2.05) is 0 Å². The van der Waals surface area contributed by atoms with Gasteiger partial charge in [0.2, 0.25) is 0 Å². The minimum absolute atomic E-state index is 0.0179. The molecule has 0 radical (unpaired) electrons. The van der Waals surface area contributed by atoms with E-state index in [1.54, 1.807) is 25.3 Å². The number of aliphatic hydroxyl groups is 1. The molecule has 3 aliphatic carbocycles. The highest BCUT2D eigenvalue weighted by Gasteiger charge is 2.56. The summed E-state index contributed by atoms with van der Waals surface area (Å²) in [6.07, 6.45) is 3.03. The second-order valence-electron chi connectivity index (χ2n) is 7.86. The van der Waals surface area contributed by atoms with Gasteiger partial charge in [0.1, 0.15) is 35.8 Å². The molecule has 2 atom stereocenters. The summed E-state index contributed by atoms with van der Waals surface area (Å²) in [7, 11) is 1.54. The number of hydrogen-bond acceptors (Lipinski definition) is 6. The van der Waals surface area contributed by atoms with Crippen molar-refractivity contribution in [2.45, 2.75) is 37.1 Å². The van der Waals surface area contributed by atoms with Gasteiger partial charge < -0.3 is 19.9 Å². The number of hydrogen-bond donors (Lipinski definition) is 3. The highest BCUT2D eigenvalue weighted by atomic mass is 35.5. The van der Waals surface area contributed by atoms with Gasteiger partial charge >= 0.3 is 0 Å². The second-order valence-corrected chi connectivity index (χ2v) is 8.27. The number of halogens is 2. The fourth-order valence-electron chi connectivity index (χ4n) is 4.34. The SMILES string of the molecule is COc1ccc(C(=O)NC2CC3(NC(O)COc4ccc(Cl)c(F)c4)CC2C3)nc1. The Kier molecular flexibility index (Phi) is 5.81. The van der Waals surface area contributed by atoms with E-state index >= 15 is 0 Å². The van der Waals surface area contributed by atoms with Gasteiger partial charge in [0, 0.05) is 17.6 Å². The Bertz CT molecular complexity index is 921. The molecule has 7 nitrogen and oxygen atoms in total. The number of aromatic nitrogens is 1. The Morgan fingerprint density at radius 3 is 2.77 bits per heavy atom. The zero-order chi connectivity index (χ0) is 21.3. The predicted octanol–water partition coefficient (Wildman–Crippen LogP) is 2.52. The van der Waals surface area contributed by atoms with Gasteiger partial charge in [0.05, 0.1) is 18.3 Å². The zero-order valence-corrected chi connectivity index (χ0v) is 17.2. The van der Waals surface area contributed by atoms with Crippen LogP contribution in [0.5, 0.6) is 11.5 Å². The van der Waals surface area contributed by atoms with Gasteiger partial charge in [-0.1, -0.05) is 11.6 Å². The minimum atomic E-state index is -0.914. The van der Waals surface area contributed by atoms with Crippen LogP contribution < -0.4 is 20.1 Å². The lowest BCUT2D eigenvalue weighted by Crippen LogP contribution is -2.55. The number of pyridine rings is 1. The lowest BCUT2D eigenvalue weighted by molar-refractivity contribution is 0.0257. The summed E-state index contributed by atoms with van der Waals surface area (Å²) >= 11 is 5.65. The summed E-state index contributed by atoms with van der Waals surface area (Å²) in [5, 5.41) is 16.6. The first-order valence-corrected chi connectivity index (χ1v) is 10.1. The van der Waals surface area contributed by atoms with Gasteiger partial charge in [-0.25, -0.2) is 9.37 Å². The largest absolute Gasteiger partial charge is 0.495 e. The summed E-state index contributed by atoms with van der Waals surface area (Å²) in [5.74, 6) is 0.454. The number of methoxy groups -OCH3 is 1. The first-order chi connectivity index (χ1) is 14.4. The molecule has 160 valence electrons. The number of aliphatic hydroxyl groups excluding tert-OH is 1. The molecule has 1 aromatic heterocycles. The Morgan fingerprint density at radius 1 is 1.33 bits per heavy atom. The van der Waals surface area contributed by atoms with Crippen LogP contribution in [0.25, 0.3) is 0 Å². The molecule has 1 amide bonds. The smallest absolute Gasteiger partial charge is 0.270 e. The van der Waals surface area contributed by atoms with Crippen LogP contribution in [0, 0.1) is 11.7 Å². The third kappa shape index (κ3) is 4.35. The van der Waals surface area contributed by atoms with Crippen molar-refractivity contribution in [3.8, 4) is 11.5 Å². The maximum Gasteiger partial charge on any atom is 0.270 e. The highest BCUT2D eigenvalue weighted by Crippen LogP contribution is 2.52. The van der Waals surface area contributed by atoms with Crippen molar-refractivity contribution in [2.24, 2.45) is 5.92 Å². The molecule has 3 aliphatic rings. The Labute approximate surface area is 178 Å². The van der Waals surface area contributed by atoms with Crippen LogP contribution in [0.2, 0.25) is 5.02 Å². The van der Waals surface area contributed by atoms with Crippen molar-refractivity contribution in [3.05, 3.63) is 53.1 Å². The summed E-state index contributed by atoms with van der Waals surface area (Å²) < 4.78 is 24.0. The topological polar surface area (TPSA) is 92.7 Å². The van der Waals surface area contributed by atoms with E-state index in [4.69, 9.17) is 21.1 Å². The molecular formula is C21H23ClFN3O4. The molecule has 2 bridgehead atoms. The van der Waals surface area contributed by atoms with E-state index in [0.29, 0.717) is 29.5 Å². The van der Waals surface area contributed by atoms with Crippen molar-refractivity contribution in [1.82, 2.24) is 15.6 Å². The van der Waals surface area contributed by atoms with Gasteiger partial charge in [0.25, 0.3) is 5.91 Å². The van der Waals surface area contributed by atoms with E-state index in [1.165, 1.54) is 18.3 Å². The van der Waals surface area contributed by atoms with Crippen molar-refractivity contribution in [1.29, 1.82) is 0 Å². The number of ether oxygens (including phenoxy) is 2. The molecular weight excluding hydrogens is 413 g/mol. The summed E-state index contributed by atoms with van der Waals surface area (Å²) in [6.45, 7) is -0.0275. The van der Waals surface area contributed by atoms with Gasteiger partial charge in [0.15, 0.2) is 0 Å². The van der Waals surface area contributed by atoms with Gasteiger partial charge in [-0.15, -0.1) is 0 Å². The third-order valence-electron chi connectivity index (χ3n) is 5.78. The second kappa shape index (κ2) is 8.37. The molecule has 9 heteroatoms. The molecule has 3 fully saturated rings. The Balaban J connectivity index is 1.26. The molecule has 0 aliphatic heterocycles. The van der Waals surface area contributed by atoms with Crippen molar-refractivity contribution in [3.63, 3.8) is 0 Å².